The monoisotopic (exact) mass is 596 g/mol. The number of furan rings is 1. The molecule has 43 heavy (non-hydrogen) atoms. The Morgan fingerprint density at radius 1 is 1.05 bits per heavy atom. The second-order valence-electron chi connectivity index (χ2n) is 15.6. The Hall–Kier alpha value is -2.23. The molecule has 4 saturated heterocycles. The van der Waals surface area contributed by atoms with Gasteiger partial charge in [-0.2, -0.15) is 0 Å². The third-order valence-electron chi connectivity index (χ3n) is 13.9. The van der Waals surface area contributed by atoms with Crippen LogP contribution in [0.5, 0.6) is 0 Å². The first-order chi connectivity index (χ1) is 20.4. The van der Waals surface area contributed by atoms with Crippen LogP contribution in [0, 0.1) is 39.9 Å². The fraction of sp³-hybridized carbons (Fsp3) is 0.794. The summed E-state index contributed by atoms with van der Waals surface area (Å²) in [6.07, 6.45) is 7.75. The SMILES string of the molecule is CC(CCC1(C)OC2CC(=O)OCC23C1C(=O)C(O)C1(C)C3CCC2(C)C(c3ccoc3)OC(=O)C3OC321)C1CCCC1. The molecule has 3 saturated carbocycles. The Balaban J connectivity index is 1.22. The summed E-state index contributed by atoms with van der Waals surface area (Å²) in [6, 6.07) is 1.80. The normalized spacial score (nSPS) is 51.0. The van der Waals surface area contributed by atoms with Gasteiger partial charge in [0.1, 0.15) is 24.4 Å². The number of aliphatic hydroxyl groups excluding tert-OH is 1. The molecule has 3 aliphatic carbocycles. The van der Waals surface area contributed by atoms with E-state index in [9.17, 15) is 19.5 Å². The van der Waals surface area contributed by atoms with Crippen LogP contribution in [0.4, 0.5) is 0 Å². The molecule has 1 N–H and O–H groups in total. The predicted octanol–water partition coefficient (Wildman–Crippen LogP) is 4.69. The number of epoxide rings is 1. The van der Waals surface area contributed by atoms with Crippen LogP contribution >= 0.6 is 0 Å². The standard InChI is InChI=1S/C34H44O9/c1-18(19-7-5-6-8-19)9-13-31(3)25-24(36)26(37)32(4)21(33(25)17-40-23(35)15-22(33)42-31)10-12-30(2)27(20-11-14-39-16-20)41-29(38)28-34(30,32)43-28/h11,14,16,18-19,21-22,25-28,37H,5-10,12-13,15,17H2,1-4H3. The molecule has 12 unspecified atom stereocenters. The highest BCUT2D eigenvalue weighted by molar-refractivity contribution is 5.92. The van der Waals surface area contributed by atoms with Crippen molar-refractivity contribution in [3.8, 4) is 0 Å². The number of carbonyl (C=O) groups excluding carboxylic acids is 3. The van der Waals surface area contributed by atoms with Gasteiger partial charge in [-0.25, -0.2) is 4.79 Å². The van der Waals surface area contributed by atoms with Crippen molar-refractivity contribution >= 4 is 17.7 Å². The van der Waals surface area contributed by atoms with Crippen LogP contribution in [-0.4, -0.2) is 58.9 Å². The molecule has 0 bridgehead atoms. The maximum Gasteiger partial charge on any atom is 0.339 e. The summed E-state index contributed by atoms with van der Waals surface area (Å²) < 4.78 is 30.6. The molecule has 1 aromatic heterocycles. The highest BCUT2D eigenvalue weighted by Crippen LogP contribution is 2.80. The van der Waals surface area contributed by atoms with Gasteiger partial charge in [-0.3, -0.25) is 9.59 Å². The number of hydrogen-bond acceptors (Lipinski definition) is 9. The second kappa shape index (κ2) is 8.94. The van der Waals surface area contributed by atoms with E-state index in [4.69, 9.17) is 23.4 Å². The molecule has 0 amide bonds. The number of Topliss-reactive ketones (excluding diaryl/α,β-unsaturated/α-hetero) is 1. The average molecular weight is 597 g/mol. The third-order valence-corrected chi connectivity index (χ3v) is 13.9. The molecule has 12 atom stereocenters. The van der Waals surface area contributed by atoms with Crippen molar-refractivity contribution in [2.45, 2.75) is 121 Å². The second-order valence-corrected chi connectivity index (χ2v) is 15.6. The van der Waals surface area contributed by atoms with Gasteiger partial charge in [0.25, 0.3) is 0 Å². The molecule has 9 nitrogen and oxygen atoms in total. The van der Waals surface area contributed by atoms with Crippen molar-refractivity contribution < 1.29 is 42.9 Å². The lowest BCUT2D eigenvalue weighted by Gasteiger charge is -2.66. The summed E-state index contributed by atoms with van der Waals surface area (Å²) in [5, 5.41) is 12.3. The number of esters is 2. The lowest BCUT2D eigenvalue weighted by molar-refractivity contribution is -0.252. The number of fused-ring (bicyclic) bond motifs is 1. The summed E-state index contributed by atoms with van der Waals surface area (Å²) in [5.41, 5.74) is -3.89. The molecule has 7 aliphatic rings. The van der Waals surface area contributed by atoms with Gasteiger partial charge in [0.15, 0.2) is 11.9 Å². The van der Waals surface area contributed by atoms with Crippen LogP contribution in [-0.2, 0) is 33.3 Å². The molecule has 0 aromatic carbocycles. The summed E-state index contributed by atoms with van der Waals surface area (Å²) in [6.45, 7) is 8.38. The van der Waals surface area contributed by atoms with Gasteiger partial charge >= 0.3 is 11.9 Å². The van der Waals surface area contributed by atoms with E-state index in [0.717, 1.165) is 12.0 Å². The zero-order valence-electron chi connectivity index (χ0n) is 25.6. The lowest BCUT2D eigenvalue weighted by atomic mass is 9.36. The maximum absolute atomic E-state index is 14.8. The van der Waals surface area contributed by atoms with Crippen LogP contribution in [0.3, 0.4) is 0 Å². The topological polar surface area (TPSA) is 125 Å². The highest BCUT2D eigenvalue weighted by Gasteiger charge is 2.90. The summed E-state index contributed by atoms with van der Waals surface area (Å²) >= 11 is 0. The minimum Gasteiger partial charge on any atom is -0.472 e. The van der Waals surface area contributed by atoms with E-state index < -0.39 is 63.8 Å². The van der Waals surface area contributed by atoms with E-state index >= 15 is 0 Å². The number of carbonyl (C=O) groups is 3. The minimum atomic E-state index is -1.37. The van der Waals surface area contributed by atoms with Gasteiger partial charge in [0, 0.05) is 21.8 Å². The zero-order valence-corrected chi connectivity index (χ0v) is 25.6. The summed E-state index contributed by atoms with van der Waals surface area (Å²) in [7, 11) is 0. The largest absolute Gasteiger partial charge is 0.472 e. The number of rotatable bonds is 5. The van der Waals surface area contributed by atoms with E-state index in [-0.39, 0.29) is 30.7 Å². The number of ketones is 1. The highest BCUT2D eigenvalue weighted by atomic mass is 16.7. The Morgan fingerprint density at radius 3 is 2.53 bits per heavy atom. The molecule has 8 rings (SSSR count). The van der Waals surface area contributed by atoms with E-state index in [1.165, 1.54) is 25.7 Å². The smallest absolute Gasteiger partial charge is 0.339 e. The van der Waals surface area contributed by atoms with Gasteiger partial charge in [-0.05, 0) is 56.4 Å². The Bertz CT molecular complexity index is 1350. The predicted molar refractivity (Wildman–Crippen MR) is 150 cm³/mol. The van der Waals surface area contributed by atoms with E-state index in [1.807, 2.05) is 13.8 Å². The fourth-order valence-corrected chi connectivity index (χ4v) is 11.8. The van der Waals surface area contributed by atoms with Crippen LogP contribution < -0.4 is 0 Å². The quantitative estimate of drug-likeness (QED) is 0.381. The molecule has 234 valence electrons. The van der Waals surface area contributed by atoms with Gasteiger partial charge < -0.3 is 28.5 Å². The lowest BCUT2D eigenvalue weighted by Crippen LogP contribution is -2.76. The van der Waals surface area contributed by atoms with Gasteiger partial charge in [0.2, 0.25) is 0 Å². The van der Waals surface area contributed by atoms with E-state index in [2.05, 4.69) is 13.8 Å². The van der Waals surface area contributed by atoms with Crippen molar-refractivity contribution in [1.82, 2.24) is 0 Å². The molecule has 1 aromatic rings. The van der Waals surface area contributed by atoms with Crippen molar-refractivity contribution in [3.63, 3.8) is 0 Å². The zero-order chi connectivity index (χ0) is 30.2. The number of cyclic esters (lactones) is 2. The molecular formula is C34H44O9. The van der Waals surface area contributed by atoms with Crippen LogP contribution in [0.25, 0.3) is 0 Å². The van der Waals surface area contributed by atoms with Crippen molar-refractivity contribution in [2.75, 3.05) is 6.61 Å². The Kier molecular flexibility index (Phi) is 5.88. The van der Waals surface area contributed by atoms with Crippen LogP contribution in [0.15, 0.2) is 23.0 Å². The molecule has 2 spiro atoms. The third kappa shape index (κ3) is 3.27. The molecule has 5 heterocycles. The summed E-state index contributed by atoms with van der Waals surface area (Å²) in [4.78, 5) is 41.0. The van der Waals surface area contributed by atoms with E-state index in [1.54, 1.807) is 18.6 Å². The van der Waals surface area contributed by atoms with Crippen molar-refractivity contribution in [1.29, 1.82) is 0 Å². The van der Waals surface area contributed by atoms with Gasteiger partial charge in [-0.15, -0.1) is 0 Å². The Morgan fingerprint density at radius 2 is 1.81 bits per heavy atom. The molecule has 0 radical (unpaired) electrons. The van der Waals surface area contributed by atoms with Crippen LogP contribution in [0.1, 0.15) is 97.1 Å². The van der Waals surface area contributed by atoms with Crippen molar-refractivity contribution in [3.05, 3.63) is 24.2 Å². The van der Waals surface area contributed by atoms with E-state index in [0.29, 0.717) is 31.1 Å². The molecule has 7 fully saturated rings. The Labute approximate surface area is 252 Å². The van der Waals surface area contributed by atoms with Gasteiger partial charge in [-0.1, -0.05) is 46.5 Å². The molecular weight excluding hydrogens is 552 g/mol. The first kappa shape index (κ1) is 28.3. The van der Waals surface area contributed by atoms with Crippen LogP contribution in [0.2, 0.25) is 0 Å². The molecule has 9 heteroatoms. The molecule has 4 aliphatic heterocycles. The minimum absolute atomic E-state index is 0.0702. The first-order valence-corrected chi connectivity index (χ1v) is 16.4. The summed E-state index contributed by atoms with van der Waals surface area (Å²) in [5.74, 6) is -0.781. The number of aliphatic hydroxyl groups is 1. The fourth-order valence-electron chi connectivity index (χ4n) is 11.8. The average Bonchev–Trinajstić information content (AvgIpc) is 3.31. The number of ether oxygens (including phenoxy) is 4. The van der Waals surface area contributed by atoms with Gasteiger partial charge in [0.05, 0.1) is 36.6 Å². The van der Waals surface area contributed by atoms with Crippen molar-refractivity contribution in [2.24, 2.45) is 39.9 Å². The maximum atomic E-state index is 14.8. The number of hydrogen-bond donors (Lipinski definition) is 1. The first-order valence-electron chi connectivity index (χ1n) is 16.4.